The average molecular weight is 312 g/mol. The van der Waals surface area contributed by atoms with Crippen LogP contribution in [-0.2, 0) is 9.84 Å². The van der Waals surface area contributed by atoms with Crippen molar-refractivity contribution in [1.29, 1.82) is 0 Å². The van der Waals surface area contributed by atoms with Crippen molar-refractivity contribution in [2.24, 2.45) is 0 Å². The second-order valence-corrected chi connectivity index (χ2v) is 7.74. The minimum atomic E-state index is -2.97. The molecule has 1 N–H and O–H groups in total. The Kier molecular flexibility index (Phi) is 5.47. The fraction of sp³-hybridized carbons (Fsp3) is 0.600. The van der Waals surface area contributed by atoms with Gasteiger partial charge in [0.15, 0.2) is 9.84 Å². The van der Waals surface area contributed by atoms with Crippen LogP contribution in [0.4, 0.5) is 5.69 Å². The Balaban J connectivity index is 1.95. The minimum Gasteiger partial charge on any atom is -0.493 e. The highest BCUT2D eigenvalue weighted by Crippen LogP contribution is 2.25. The lowest BCUT2D eigenvalue weighted by Crippen LogP contribution is -2.43. The number of hydrogen-bond donors (Lipinski definition) is 1. The first kappa shape index (κ1) is 16.1. The molecule has 1 aromatic carbocycles. The van der Waals surface area contributed by atoms with Crippen LogP contribution in [0.1, 0.15) is 12.5 Å². The third-order valence-electron chi connectivity index (χ3n) is 3.73. The highest BCUT2D eigenvalue weighted by Gasteiger charge is 2.13. The van der Waals surface area contributed by atoms with E-state index < -0.39 is 9.84 Å². The Hall–Kier alpha value is -1.27. The summed E-state index contributed by atoms with van der Waals surface area (Å²) in [6, 6.07) is 5.96. The van der Waals surface area contributed by atoms with Crippen LogP contribution >= 0.6 is 0 Å². The third kappa shape index (κ3) is 4.61. The third-order valence-corrected chi connectivity index (χ3v) is 5.40. The Bertz CT molecular complexity index is 566. The predicted molar refractivity (Wildman–Crippen MR) is 86.1 cm³/mol. The minimum absolute atomic E-state index is 0.0715. The summed E-state index contributed by atoms with van der Waals surface area (Å²) in [5, 5.41) is 3.34. The molecule has 21 heavy (non-hydrogen) atoms. The van der Waals surface area contributed by atoms with Gasteiger partial charge in [-0.2, -0.15) is 0 Å². The van der Waals surface area contributed by atoms with Crippen LogP contribution < -0.4 is 15.0 Å². The van der Waals surface area contributed by atoms with E-state index in [1.54, 1.807) is 6.92 Å². The van der Waals surface area contributed by atoms with Crippen molar-refractivity contribution < 1.29 is 13.2 Å². The molecule has 1 aliphatic rings. The highest BCUT2D eigenvalue weighted by molar-refractivity contribution is 7.91. The lowest BCUT2D eigenvalue weighted by molar-refractivity contribution is 0.340. The van der Waals surface area contributed by atoms with Crippen molar-refractivity contribution in [3.63, 3.8) is 0 Å². The van der Waals surface area contributed by atoms with Crippen LogP contribution in [0.25, 0.3) is 0 Å². The number of ether oxygens (including phenoxy) is 1. The van der Waals surface area contributed by atoms with Gasteiger partial charge in [-0.3, -0.25) is 0 Å². The van der Waals surface area contributed by atoms with E-state index in [0.717, 1.165) is 37.5 Å². The Labute approximate surface area is 127 Å². The molecule has 0 aromatic heterocycles. The van der Waals surface area contributed by atoms with E-state index >= 15 is 0 Å². The molecule has 6 heteroatoms. The predicted octanol–water partition coefficient (Wildman–Crippen LogP) is 1.22. The number of aryl methyl sites for hydroxylation is 1. The van der Waals surface area contributed by atoms with Crippen molar-refractivity contribution in [3.05, 3.63) is 23.8 Å². The molecule has 118 valence electrons. The largest absolute Gasteiger partial charge is 0.493 e. The number of anilines is 1. The van der Waals surface area contributed by atoms with Gasteiger partial charge in [-0.15, -0.1) is 0 Å². The summed E-state index contributed by atoms with van der Waals surface area (Å²) in [7, 11) is -2.97. The molecule has 0 saturated carbocycles. The molecule has 0 bridgehead atoms. The molecule has 5 nitrogen and oxygen atoms in total. The molecular formula is C15H24N2O3S. The van der Waals surface area contributed by atoms with Gasteiger partial charge in [-0.25, -0.2) is 8.42 Å². The highest BCUT2D eigenvalue weighted by atomic mass is 32.2. The van der Waals surface area contributed by atoms with Gasteiger partial charge in [0.25, 0.3) is 0 Å². The van der Waals surface area contributed by atoms with E-state index in [0.29, 0.717) is 0 Å². The van der Waals surface area contributed by atoms with Crippen LogP contribution in [0.15, 0.2) is 18.2 Å². The molecule has 0 amide bonds. The van der Waals surface area contributed by atoms with Crippen LogP contribution in [-0.4, -0.2) is 52.7 Å². The maximum Gasteiger partial charge on any atom is 0.153 e. The Morgan fingerprint density at radius 1 is 1.29 bits per heavy atom. The fourth-order valence-corrected chi connectivity index (χ4v) is 3.04. The zero-order chi connectivity index (χ0) is 15.3. The normalized spacial score (nSPS) is 16.0. The van der Waals surface area contributed by atoms with Crippen molar-refractivity contribution in [3.8, 4) is 5.75 Å². The van der Waals surface area contributed by atoms with Gasteiger partial charge in [0.05, 0.1) is 5.75 Å². The zero-order valence-corrected chi connectivity index (χ0v) is 13.6. The number of nitrogens with one attached hydrogen (secondary N) is 1. The van der Waals surface area contributed by atoms with E-state index in [1.807, 2.05) is 12.1 Å². The van der Waals surface area contributed by atoms with Gasteiger partial charge in [0, 0.05) is 37.6 Å². The first-order chi connectivity index (χ1) is 10.0. The molecule has 0 unspecified atom stereocenters. The molecular weight excluding hydrogens is 288 g/mol. The van der Waals surface area contributed by atoms with Crippen LogP contribution in [0, 0.1) is 6.92 Å². The van der Waals surface area contributed by atoms with E-state index in [9.17, 15) is 8.42 Å². The Morgan fingerprint density at radius 2 is 2.00 bits per heavy atom. The SMILES string of the molecule is CCS(=O)(=O)CCOc1ccc(N2CCNCC2)c(C)c1. The van der Waals surface area contributed by atoms with Crippen LogP contribution in [0.5, 0.6) is 5.75 Å². The van der Waals surface area contributed by atoms with Gasteiger partial charge in [0.2, 0.25) is 0 Å². The monoisotopic (exact) mass is 312 g/mol. The lowest BCUT2D eigenvalue weighted by atomic mass is 10.1. The van der Waals surface area contributed by atoms with Gasteiger partial charge in [-0.05, 0) is 30.7 Å². The number of benzene rings is 1. The molecule has 1 aromatic rings. The van der Waals surface area contributed by atoms with Crippen molar-refractivity contribution >= 4 is 15.5 Å². The van der Waals surface area contributed by atoms with E-state index in [-0.39, 0.29) is 18.1 Å². The topological polar surface area (TPSA) is 58.6 Å². The van der Waals surface area contributed by atoms with Crippen molar-refractivity contribution in [1.82, 2.24) is 5.32 Å². The van der Waals surface area contributed by atoms with Crippen molar-refractivity contribution in [2.75, 3.05) is 49.2 Å². The molecule has 0 radical (unpaired) electrons. The second kappa shape index (κ2) is 7.13. The number of rotatable bonds is 6. The van der Waals surface area contributed by atoms with Gasteiger partial charge >= 0.3 is 0 Å². The van der Waals surface area contributed by atoms with Crippen molar-refractivity contribution in [2.45, 2.75) is 13.8 Å². The van der Waals surface area contributed by atoms with Gasteiger partial charge < -0.3 is 15.0 Å². The molecule has 1 fully saturated rings. The van der Waals surface area contributed by atoms with E-state index in [4.69, 9.17) is 4.74 Å². The molecule has 0 aliphatic carbocycles. The first-order valence-corrected chi connectivity index (χ1v) is 9.23. The average Bonchev–Trinajstić information content (AvgIpc) is 2.48. The summed E-state index contributed by atoms with van der Waals surface area (Å²) in [5.41, 5.74) is 2.39. The maximum atomic E-state index is 11.4. The fourth-order valence-electron chi connectivity index (χ4n) is 2.41. The number of sulfone groups is 1. The van der Waals surface area contributed by atoms with Crippen LogP contribution in [0.2, 0.25) is 0 Å². The zero-order valence-electron chi connectivity index (χ0n) is 12.8. The molecule has 0 spiro atoms. The summed E-state index contributed by atoms with van der Waals surface area (Å²) < 4.78 is 28.4. The number of nitrogens with zero attached hydrogens (tertiary/aromatic N) is 1. The molecule has 1 saturated heterocycles. The molecule has 0 atom stereocenters. The van der Waals surface area contributed by atoms with Crippen LogP contribution in [0.3, 0.4) is 0 Å². The summed E-state index contributed by atoms with van der Waals surface area (Å²) in [5.74, 6) is 0.970. The quantitative estimate of drug-likeness (QED) is 0.856. The smallest absolute Gasteiger partial charge is 0.153 e. The van der Waals surface area contributed by atoms with Gasteiger partial charge in [0.1, 0.15) is 12.4 Å². The Morgan fingerprint density at radius 3 is 2.62 bits per heavy atom. The maximum absolute atomic E-state index is 11.4. The molecule has 1 aliphatic heterocycles. The van der Waals surface area contributed by atoms with E-state index in [1.165, 1.54) is 5.69 Å². The first-order valence-electron chi connectivity index (χ1n) is 7.41. The molecule has 2 rings (SSSR count). The molecule has 1 heterocycles. The second-order valence-electron chi connectivity index (χ2n) is 5.27. The summed E-state index contributed by atoms with van der Waals surface area (Å²) in [6.45, 7) is 7.96. The summed E-state index contributed by atoms with van der Waals surface area (Å²) in [4.78, 5) is 2.36. The standard InChI is InChI=1S/C15H24N2O3S/c1-3-21(18,19)11-10-20-14-4-5-15(13(2)12-14)17-8-6-16-7-9-17/h4-5,12,16H,3,6-11H2,1-2H3. The summed E-state index contributed by atoms with van der Waals surface area (Å²) in [6.07, 6.45) is 0. The van der Waals surface area contributed by atoms with Gasteiger partial charge in [-0.1, -0.05) is 6.92 Å². The number of hydrogen-bond acceptors (Lipinski definition) is 5. The lowest BCUT2D eigenvalue weighted by Gasteiger charge is -2.30. The summed E-state index contributed by atoms with van der Waals surface area (Å²) >= 11 is 0. The number of piperazine rings is 1. The van der Waals surface area contributed by atoms with E-state index in [2.05, 4.69) is 23.2 Å².